The number of carbonyl (C=O) groups is 2. The lowest BCUT2D eigenvalue weighted by molar-refractivity contribution is -0.139. The van der Waals surface area contributed by atoms with Gasteiger partial charge in [0.05, 0.1) is 5.39 Å². The van der Waals surface area contributed by atoms with Crippen LogP contribution in [0.2, 0.25) is 0 Å². The van der Waals surface area contributed by atoms with Crippen LogP contribution in [-0.2, 0) is 11.0 Å². The van der Waals surface area contributed by atoms with Gasteiger partial charge in [-0.1, -0.05) is 0 Å². The summed E-state index contributed by atoms with van der Waals surface area (Å²) in [5.74, 6) is -0.766. The van der Waals surface area contributed by atoms with Crippen LogP contribution in [0.1, 0.15) is 17.5 Å². The number of halogens is 3. The zero-order valence-corrected chi connectivity index (χ0v) is 9.62. The molecule has 1 aliphatic heterocycles. The number of rotatable bonds is 1. The Morgan fingerprint density at radius 1 is 1.30 bits per heavy atom. The van der Waals surface area contributed by atoms with Crippen LogP contribution in [0.3, 0.4) is 0 Å². The van der Waals surface area contributed by atoms with Crippen LogP contribution in [0.25, 0.3) is 11.0 Å². The third-order valence-corrected chi connectivity index (χ3v) is 2.79. The van der Waals surface area contributed by atoms with Crippen molar-refractivity contribution in [3.63, 3.8) is 0 Å². The van der Waals surface area contributed by atoms with Crippen LogP contribution in [0, 0.1) is 0 Å². The minimum absolute atomic E-state index is 0.0590. The summed E-state index contributed by atoms with van der Waals surface area (Å²) in [6.07, 6.45) is -3.67. The minimum atomic E-state index is -4.64. The molecule has 0 saturated carbocycles. The van der Waals surface area contributed by atoms with Crippen LogP contribution in [0.15, 0.2) is 22.7 Å². The molecule has 1 saturated heterocycles. The highest BCUT2D eigenvalue weighted by Gasteiger charge is 2.38. The lowest BCUT2D eigenvalue weighted by atomic mass is 10.2. The van der Waals surface area contributed by atoms with Crippen molar-refractivity contribution in [1.82, 2.24) is 15.6 Å². The zero-order chi connectivity index (χ0) is 14.5. The number of carbonyl (C=O) groups excluding carboxylic acids is 2. The summed E-state index contributed by atoms with van der Waals surface area (Å²) in [7, 11) is 0. The second-order valence-electron chi connectivity index (χ2n) is 4.11. The van der Waals surface area contributed by atoms with Crippen molar-refractivity contribution in [2.24, 2.45) is 0 Å². The van der Waals surface area contributed by atoms with E-state index in [1.165, 1.54) is 6.07 Å². The van der Waals surface area contributed by atoms with E-state index < -0.39 is 29.9 Å². The summed E-state index contributed by atoms with van der Waals surface area (Å²) >= 11 is 0. The maximum absolute atomic E-state index is 12.8. The molecule has 0 aliphatic carbocycles. The van der Waals surface area contributed by atoms with Crippen molar-refractivity contribution in [3.05, 3.63) is 29.8 Å². The monoisotopic (exact) mass is 285 g/mol. The first-order valence-electron chi connectivity index (χ1n) is 5.43. The molecule has 6 nitrogen and oxygen atoms in total. The molecule has 3 heterocycles. The molecular formula is C11H6F3N3O3. The van der Waals surface area contributed by atoms with Crippen molar-refractivity contribution < 1.29 is 27.2 Å². The van der Waals surface area contributed by atoms with Gasteiger partial charge in [-0.15, -0.1) is 0 Å². The molecule has 1 aliphatic rings. The van der Waals surface area contributed by atoms with Gasteiger partial charge in [-0.25, -0.2) is 4.79 Å². The fraction of sp³-hybridized carbons (Fsp3) is 0.182. The van der Waals surface area contributed by atoms with Crippen LogP contribution >= 0.6 is 0 Å². The van der Waals surface area contributed by atoms with Crippen molar-refractivity contribution >= 4 is 22.9 Å². The number of nitrogens with zero attached hydrogens (tertiary/aromatic N) is 1. The number of urea groups is 1. The van der Waals surface area contributed by atoms with Crippen molar-refractivity contribution in [2.75, 3.05) is 0 Å². The van der Waals surface area contributed by atoms with E-state index in [1.54, 1.807) is 0 Å². The molecule has 3 amide bonds. The Bertz CT molecular complexity index is 723. The van der Waals surface area contributed by atoms with E-state index in [0.717, 1.165) is 12.3 Å². The van der Waals surface area contributed by atoms with Gasteiger partial charge in [0, 0.05) is 6.20 Å². The number of nitrogens with one attached hydrogen (secondary N) is 2. The van der Waals surface area contributed by atoms with Crippen LogP contribution < -0.4 is 10.6 Å². The first kappa shape index (κ1) is 12.5. The summed E-state index contributed by atoms with van der Waals surface area (Å²) in [6, 6.07) is 0.439. The average Bonchev–Trinajstić information content (AvgIpc) is 2.89. The fourth-order valence-corrected chi connectivity index (χ4v) is 1.97. The Kier molecular flexibility index (Phi) is 2.46. The molecule has 104 valence electrons. The van der Waals surface area contributed by atoms with E-state index in [4.69, 9.17) is 4.42 Å². The molecule has 2 aromatic heterocycles. The third kappa shape index (κ3) is 1.87. The Morgan fingerprint density at radius 3 is 2.65 bits per heavy atom. The first-order valence-corrected chi connectivity index (χ1v) is 5.43. The number of hydrogen-bond donors (Lipinski definition) is 2. The van der Waals surface area contributed by atoms with E-state index in [-0.39, 0.29) is 16.7 Å². The zero-order valence-electron chi connectivity index (χ0n) is 9.62. The summed E-state index contributed by atoms with van der Waals surface area (Å²) in [5, 5.41) is 3.95. The number of imide groups is 1. The molecule has 9 heteroatoms. The van der Waals surface area contributed by atoms with Gasteiger partial charge >= 0.3 is 12.2 Å². The number of aromatic nitrogens is 1. The number of alkyl halides is 3. The Hall–Kier alpha value is -2.58. The lowest BCUT2D eigenvalue weighted by Gasteiger charge is -2.04. The fourth-order valence-electron chi connectivity index (χ4n) is 1.97. The van der Waals surface area contributed by atoms with Gasteiger partial charge in [-0.2, -0.15) is 13.2 Å². The van der Waals surface area contributed by atoms with E-state index in [2.05, 4.69) is 10.3 Å². The highest BCUT2D eigenvalue weighted by atomic mass is 19.4. The number of pyridine rings is 1. The van der Waals surface area contributed by atoms with Gasteiger partial charge in [-0.3, -0.25) is 15.1 Å². The smallest absolute Gasteiger partial charge is 0.434 e. The standard InChI is InChI=1S/C11H6F3N3O3/c12-11(13,14)8-4-3-6(20-5(4)1-2-15-8)7-9(18)17-10(19)16-7/h1-3,7H,(H2,16,17,18,19). The predicted octanol–water partition coefficient (Wildman–Crippen LogP) is 1.73. The number of hydrogen-bond acceptors (Lipinski definition) is 4. The maximum atomic E-state index is 12.8. The molecule has 1 fully saturated rings. The predicted molar refractivity (Wildman–Crippen MR) is 58.4 cm³/mol. The molecule has 0 aromatic carbocycles. The molecule has 20 heavy (non-hydrogen) atoms. The second kappa shape index (κ2) is 3.95. The molecule has 0 bridgehead atoms. The Balaban J connectivity index is 2.12. The van der Waals surface area contributed by atoms with E-state index in [0.29, 0.717) is 0 Å². The number of furan rings is 1. The van der Waals surface area contributed by atoms with Crippen molar-refractivity contribution in [2.45, 2.75) is 12.2 Å². The quantitative estimate of drug-likeness (QED) is 0.781. The van der Waals surface area contributed by atoms with Gasteiger partial charge in [-0.05, 0) is 12.1 Å². The van der Waals surface area contributed by atoms with Crippen LogP contribution in [-0.4, -0.2) is 16.9 Å². The van der Waals surface area contributed by atoms with Gasteiger partial charge in [0.15, 0.2) is 11.7 Å². The second-order valence-corrected chi connectivity index (χ2v) is 4.11. The average molecular weight is 285 g/mol. The number of amides is 3. The SMILES string of the molecule is O=C1NC(=O)C(c2cc3c(C(F)(F)F)nccc3o2)N1. The van der Waals surface area contributed by atoms with Crippen molar-refractivity contribution in [1.29, 1.82) is 0 Å². The molecule has 1 unspecified atom stereocenters. The molecule has 1 atom stereocenters. The summed E-state index contributed by atoms with van der Waals surface area (Å²) in [5.41, 5.74) is -1.16. The Morgan fingerprint density at radius 2 is 2.05 bits per heavy atom. The highest BCUT2D eigenvalue weighted by Crippen LogP contribution is 2.35. The normalized spacial score (nSPS) is 19.2. The Labute approximate surface area is 109 Å². The van der Waals surface area contributed by atoms with Gasteiger partial charge in [0.25, 0.3) is 5.91 Å². The molecule has 0 spiro atoms. The van der Waals surface area contributed by atoms with Gasteiger partial charge in [0.1, 0.15) is 11.3 Å². The summed E-state index contributed by atoms with van der Waals surface area (Å²) in [6.45, 7) is 0. The van der Waals surface area contributed by atoms with Gasteiger partial charge in [0.2, 0.25) is 0 Å². The molecule has 2 N–H and O–H groups in total. The minimum Gasteiger partial charge on any atom is -0.458 e. The number of fused-ring (bicyclic) bond motifs is 1. The van der Waals surface area contributed by atoms with E-state index in [1.807, 2.05) is 5.32 Å². The first-order chi connectivity index (χ1) is 9.36. The highest BCUT2D eigenvalue weighted by molar-refractivity contribution is 6.04. The summed E-state index contributed by atoms with van der Waals surface area (Å²) < 4.78 is 43.6. The maximum Gasteiger partial charge on any atom is 0.434 e. The molecule has 3 rings (SSSR count). The topological polar surface area (TPSA) is 84.2 Å². The third-order valence-electron chi connectivity index (χ3n) is 2.79. The van der Waals surface area contributed by atoms with E-state index in [9.17, 15) is 22.8 Å². The van der Waals surface area contributed by atoms with Crippen LogP contribution in [0.5, 0.6) is 0 Å². The lowest BCUT2D eigenvalue weighted by Crippen LogP contribution is -2.22. The largest absolute Gasteiger partial charge is 0.458 e. The summed E-state index contributed by atoms with van der Waals surface area (Å²) in [4.78, 5) is 25.7. The van der Waals surface area contributed by atoms with E-state index >= 15 is 0 Å². The van der Waals surface area contributed by atoms with Gasteiger partial charge < -0.3 is 9.73 Å². The molecule has 2 aromatic rings. The molecule has 0 radical (unpaired) electrons. The molecular weight excluding hydrogens is 279 g/mol. The van der Waals surface area contributed by atoms with Crippen molar-refractivity contribution in [3.8, 4) is 0 Å². The van der Waals surface area contributed by atoms with Crippen LogP contribution in [0.4, 0.5) is 18.0 Å².